The molecule has 1 aromatic carbocycles. The van der Waals surface area contributed by atoms with Crippen molar-refractivity contribution >= 4 is 11.8 Å². The molecule has 0 saturated heterocycles. The van der Waals surface area contributed by atoms with Crippen LogP contribution in [0.25, 0.3) is 0 Å². The van der Waals surface area contributed by atoms with Crippen LogP contribution in [0, 0.1) is 0 Å². The third-order valence-electron chi connectivity index (χ3n) is 1.85. The molecule has 0 aliphatic carbocycles. The molecule has 0 aliphatic heterocycles. The van der Waals surface area contributed by atoms with E-state index in [0.717, 1.165) is 18.8 Å². The van der Waals surface area contributed by atoms with Crippen molar-refractivity contribution in [2.75, 3.05) is 19.5 Å². The van der Waals surface area contributed by atoms with Gasteiger partial charge in [-0.3, -0.25) is 0 Å². The van der Waals surface area contributed by atoms with E-state index in [0.29, 0.717) is 5.75 Å². The summed E-state index contributed by atoms with van der Waals surface area (Å²) in [6, 6.07) is 7.32. The molecule has 0 fully saturated rings. The zero-order chi connectivity index (χ0) is 10.2. The summed E-state index contributed by atoms with van der Waals surface area (Å²) in [4.78, 5) is 1.21. The van der Waals surface area contributed by atoms with Gasteiger partial charge in [-0.25, -0.2) is 0 Å². The summed E-state index contributed by atoms with van der Waals surface area (Å²) in [6.07, 6.45) is 2.28. The van der Waals surface area contributed by atoms with Gasteiger partial charge in [0.1, 0.15) is 5.75 Å². The third kappa shape index (κ3) is 4.53. The number of rotatable bonds is 6. The van der Waals surface area contributed by atoms with Gasteiger partial charge in [-0.2, -0.15) is 0 Å². The number of ether oxygens (including phenoxy) is 1. The fourth-order valence-corrected chi connectivity index (χ4v) is 1.99. The van der Waals surface area contributed by atoms with Crippen molar-refractivity contribution in [2.45, 2.75) is 17.7 Å². The lowest BCUT2D eigenvalue weighted by molar-refractivity contribution is 0.194. The van der Waals surface area contributed by atoms with Crippen molar-refractivity contribution in [3.8, 4) is 5.75 Å². The molecular weight excluding hydrogens is 196 g/mol. The van der Waals surface area contributed by atoms with Gasteiger partial charge in [0.15, 0.2) is 0 Å². The minimum atomic E-state index is 0.328. The van der Waals surface area contributed by atoms with E-state index in [4.69, 9.17) is 9.84 Å². The molecule has 0 aliphatic rings. The fraction of sp³-hybridized carbons (Fsp3) is 0.455. The van der Waals surface area contributed by atoms with E-state index >= 15 is 0 Å². The topological polar surface area (TPSA) is 29.5 Å². The Morgan fingerprint density at radius 2 is 1.93 bits per heavy atom. The van der Waals surface area contributed by atoms with Crippen LogP contribution < -0.4 is 0 Å². The molecule has 0 amide bonds. The molecule has 0 spiro atoms. The zero-order valence-electron chi connectivity index (χ0n) is 8.40. The molecule has 3 heteroatoms. The van der Waals surface area contributed by atoms with E-state index in [-0.39, 0.29) is 0 Å². The van der Waals surface area contributed by atoms with Crippen molar-refractivity contribution < 1.29 is 9.84 Å². The van der Waals surface area contributed by atoms with Crippen LogP contribution in [0.15, 0.2) is 29.2 Å². The first kappa shape index (κ1) is 11.4. The normalized spacial score (nSPS) is 10.4. The molecule has 14 heavy (non-hydrogen) atoms. The lowest BCUT2D eigenvalue weighted by Crippen LogP contribution is -1.89. The maximum atomic E-state index is 9.07. The monoisotopic (exact) mass is 212 g/mol. The molecule has 2 nitrogen and oxygen atoms in total. The first-order valence-electron chi connectivity index (χ1n) is 4.73. The molecule has 0 heterocycles. The summed E-state index contributed by atoms with van der Waals surface area (Å²) in [7, 11) is 1.73. The van der Waals surface area contributed by atoms with Crippen LogP contribution in [0.4, 0.5) is 0 Å². The van der Waals surface area contributed by atoms with Crippen molar-refractivity contribution in [3.63, 3.8) is 0 Å². The van der Waals surface area contributed by atoms with Crippen molar-refractivity contribution in [2.24, 2.45) is 0 Å². The Morgan fingerprint density at radius 3 is 2.57 bits per heavy atom. The zero-order valence-corrected chi connectivity index (χ0v) is 9.22. The lowest BCUT2D eigenvalue weighted by atomic mass is 10.3. The second-order valence-electron chi connectivity index (χ2n) is 3.04. The van der Waals surface area contributed by atoms with E-state index in [9.17, 15) is 0 Å². The number of methoxy groups -OCH3 is 1. The van der Waals surface area contributed by atoms with Gasteiger partial charge in [0.2, 0.25) is 0 Å². The summed E-state index contributed by atoms with van der Waals surface area (Å²) >= 11 is 1.81. The molecule has 1 N–H and O–H groups in total. The molecular formula is C11H16O2S. The number of unbranched alkanes of at least 4 members (excludes halogenated alkanes) is 1. The average molecular weight is 212 g/mol. The summed E-state index contributed by atoms with van der Waals surface area (Å²) in [5, 5.41) is 9.07. The fourth-order valence-electron chi connectivity index (χ4n) is 1.08. The molecule has 78 valence electrons. The van der Waals surface area contributed by atoms with Crippen molar-refractivity contribution in [1.82, 2.24) is 0 Å². The van der Waals surface area contributed by atoms with Gasteiger partial charge in [-0.05, 0) is 42.9 Å². The summed E-state index contributed by atoms with van der Waals surface area (Å²) in [5.74, 6) is 1.43. The van der Waals surface area contributed by atoms with E-state index in [1.807, 2.05) is 23.9 Å². The maximum Gasteiger partial charge on any atom is 0.115 e. The molecule has 0 saturated carbocycles. The van der Waals surface area contributed by atoms with Crippen molar-refractivity contribution in [1.29, 1.82) is 0 Å². The second kappa shape index (κ2) is 6.74. The molecule has 1 rings (SSSR count). The Labute approximate surface area is 89.3 Å². The third-order valence-corrected chi connectivity index (χ3v) is 2.95. The van der Waals surface area contributed by atoms with Crippen LogP contribution in [0.2, 0.25) is 0 Å². The predicted octanol–water partition coefficient (Wildman–Crippen LogP) is 2.91. The van der Waals surface area contributed by atoms with Gasteiger partial charge in [-0.1, -0.05) is 0 Å². The van der Waals surface area contributed by atoms with Crippen molar-refractivity contribution in [3.05, 3.63) is 24.3 Å². The van der Waals surface area contributed by atoms with E-state index < -0.39 is 0 Å². The lowest BCUT2D eigenvalue weighted by Gasteiger charge is -2.01. The first-order valence-corrected chi connectivity index (χ1v) is 5.72. The molecule has 0 atom stereocenters. The van der Waals surface area contributed by atoms with Gasteiger partial charge in [-0.15, -0.1) is 11.8 Å². The Hall–Kier alpha value is -0.670. The van der Waals surface area contributed by atoms with Crippen LogP contribution in [0.3, 0.4) is 0 Å². The standard InChI is InChI=1S/C11H16O2S/c1-13-8-2-3-9-14-11-6-4-10(12)5-7-11/h4-7,12H,2-3,8-9H2,1H3. The predicted molar refractivity (Wildman–Crippen MR) is 59.9 cm³/mol. The number of phenolic OH excluding ortho intramolecular Hbond substituents is 1. The van der Waals surface area contributed by atoms with E-state index in [1.165, 1.54) is 11.3 Å². The number of hydrogen-bond acceptors (Lipinski definition) is 3. The van der Waals surface area contributed by atoms with Crippen LogP contribution in [-0.4, -0.2) is 24.6 Å². The first-order chi connectivity index (χ1) is 6.83. The highest BCUT2D eigenvalue weighted by Gasteiger charge is 1.94. The SMILES string of the molecule is COCCCCSc1ccc(O)cc1. The van der Waals surface area contributed by atoms with E-state index in [1.54, 1.807) is 19.2 Å². The number of thioether (sulfide) groups is 1. The average Bonchev–Trinajstić information content (AvgIpc) is 2.21. The Balaban J connectivity index is 2.15. The van der Waals surface area contributed by atoms with Crippen LogP contribution in [-0.2, 0) is 4.74 Å². The quantitative estimate of drug-likeness (QED) is 0.581. The van der Waals surface area contributed by atoms with Gasteiger partial charge in [0.05, 0.1) is 0 Å². The smallest absolute Gasteiger partial charge is 0.115 e. The molecule has 1 aromatic rings. The summed E-state index contributed by atoms with van der Waals surface area (Å²) in [6.45, 7) is 0.843. The minimum absolute atomic E-state index is 0.328. The summed E-state index contributed by atoms with van der Waals surface area (Å²) < 4.78 is 4.97. The van der Waals surface area contributed by atoms with Gasteiger partial charge in [0, 0.05) is 18.6 Å². The largest absolute Gasteiger partial charge is 0.508 e. The Kier molecular flexibility index (Phi) is 5.49. The number of hydrogen-bond donors (Lipinski definition) is 1. The molecule has 0 radical (unpaired) electrons. The number of phenols is 1. The molecule has 0 aromatic heterocycles. The van der Waals surface area contributed by atoms with Crippen LogP contribution >= 0.6 is 11.8 Å². The van der Waals surface area contributed by atoms with Gasteiger partial charge < -0.3 is 9.84 Å². The highest BCUT2D eigenvalue weighted by molar-refractivity contribution is 7.99. The molecule has 0 unspecified atom stereocenters. The van der Waals surface area contributed by atoms with E-state index in [2.05, 4.69) is 0 Å². The minimum Gasteiger partial charge on any atom is -0.508 e. The summed E-state index contributed by atoms with van der Waals surface area (Å²) in [5.41, 5.74) is 0. The maximum absolute atomic E-state index is 9.07. The van der Waals surface area contributed by atoms with Gasteiger partial charge in [0.25, 0.3) is 0 Å². The Morgan fingerprint density at radius 1 is 1.21 bits per heavy atom. The number of benzene rings is 1. The van der Waals surface area contributed by atoms with Crippen LogP contribution in [0.1, 0.15) is 12.8 Å². The highest BCUT2D eigenvalue weighted by Crippen LogP contribution is 2.21. The van der Waals surface area contributed by atoms with Crippen LogP contribution in [0.5, 0.6) is 5.75 Å². The second-order valence-corrected chi connectivity index (χ2v) is 4.21. The Bertz CT molecular complexity index is 246. The molecule has 0 bridgehead atoms. The highest BCUT2D eigenvalue weighted by atomic mass is 32.2. The number of aromatic hydroxyl groups is 1. The van der Waals surface area contributed by atoms with Gasteiger partial charge >= 0.3 is 0 Å².